The number of carbonyl (C=O) groups is 2. The third kappa shape index (κ3) is 2.88. The zero-order valence-electron chi connectivity index (χ0n) is 12.7. The first-order valence-corrected chi connectivity index (χ1v) is 8.50. The second-order valence-electron chi connectivity index (χ2n) is 5.62. The largest absolute Gasteiger partial charge is 0.361 e. The second kappa shape index (κ2) is 6.05. The van der Waals surface area contributed by atoms with E-state index in [9.17, 15) is 9.59 Å². The molecule has 3 N–H and O–H groups in total. The average molecular weight is 337 g/mol. The molecule has 1 atom stereocenters. The minimum absolute atomic E-state index is 0.131. The van der Waals surface area contributed by atoms with Gasteiger partial charge in [-0.05, 0) is 35.7 Å². The third-order valence-electron chi connectivity index (χ3n) is 3.92. The van der Waals surface area contributed by atoms with Crippen molar-refractivity contribution in [2.75, 3.05) is 10.6 Å². The highest BCUT2D eigenvalue weighted by molar-refractivity contribution is 8.01. The lowest BCUT2D eigenvalue weighted by Crippen LogP contribution is -2.32. The number of rotatable bonds is 3. The second-order valence-corrected chi connectivity index (χ2v) is 6.87. The van der Waals surface area contributed by atoms with Crippen molar-refractivity contribution in [1.82, 2.24) is 4.98 Å². The topological polar surface area (TPSA) is 74.0 Å². The van der Waals surface area contributed by atoms with E-state index in [0.29, 0.717) is 0 Å². The van der Waals surface area contributed by atoms with Crippen LogP contribution in [0.25, 0.3) is 10.9 Å². The number of hydrogen-bond donors (Lipinski definition) is 3. The molecule has 6 heteroatoms. The van der Waals surface area contributed by atoms with E-state index < -0.39 is 5.25 Å². The molecule has 0 spiro atoms. The predicted octanol–water partition coefficient (Wildman–Crippen LogP) is 3.61. The first-order chi connectivity index (χ1) is 11.7. The standard InChI is InChI=1S/C18H15N3O2S/c22-17(20-12-6-5-11-7-8-19-14(11)9-12)10-16-18(23)21-13-3-1-2-4-15(13)24-16/h1-9,16,19H,10H2,(H,20,22)(H,21,23). The van der Waals surface area contributed by atoms with Crippen LogP contribution in [0.15, 0.2) is 59.6 Å². The lowest BCUT2D eigenvalue weighted by Gasteiger charge is -2.23. The molecule has 0 saturated carbocycles. The highest BCUT2D eigenvalue weighted by Gasteiger charge is 2.28. The Morgan fingerprint density at radius 2 is 2.04 bits per heavy atom. The molecule has 24 heavy (non-hydrogen) atoms. The first kappa shape index (κ1) is 14.8. The molecule has 0 radical (unpaired) electrons. The highest BCUT2D eigenvalue weighted by atomic mass is 32.2. The van der Waals surface area contributed by atoms with Crippen molar-refractivity contribution in [3.05, 3.63) is 54.7 Å². The fourth-order valence-electron chi connectivity index (χ4n) is 2.73. The average Bonchev–Trinajstić information content (AvgIpc) is 3.03. The molecule has 0 saturated heterocycles. The van der Waals surface area contributed by atoms with Gasteiger partial charge >= 0.3 is 0 Å². The van der Waals surface area contributed by atoms with E-state index in [1.54, 1.807) is 0 Å². The van der Waals surface area contributed by atoms with E-state index in [1.807, 2.05) is 54.7 Å². The van der Waals surface area contributed by atoms with Gasteiger partial charge in [0.2, 0.25) is 11.8 Å². The van der Waals surface area contributed by atoms with Gasteiger partial charge in [0.05, 0.1) is 10.9 Å². The van der Waals surface area contributed by atoms with Gasteiger partial charge in [-0.3, -0.25) is 9.59 Å². The van der Waals surface area contributed by atoms with Crippen molar-refractivity contribution in [2.45, 2.75) is 16.6 Å². The Hall–Kier alpha value is -2.73. The molecule has 0 bridgehead atoms. The molecule has 1 aromatic heterocycles. The molecule has 4 rings (SSSR count). The maximum Gasteiger partial charge on any atom is 0.238 e. The van der Waals surface area contributed by atoms with Gasteiger partial charge in [-0.25, -0.2) is 0 Å². The minimum atomic E-state index is -0.422. The highest BCUT2D eigenvalue weighted by Crippen LogP contribution is 2.36. The van der Waals surface area contributed by atoms with Crippen LogP contribution in [0.4, 0.5) is 11.4 Å². The van der Waals surface area contributed by atoms with E-state index in [0.717, 1.165) is 27.2 Å². The van der Waals surface area contributed by atoms with Gasteiger partial charge in [-0.15, -0.1) is 11.8 Å². The Morgan fingerprint density at radius 3 is 2.96 bits per heavy atom. The molecule has 1 aliphatic rings. The summed E-state index contributed by atoms with van der Waals surface area (Å²) < 4.78 is 0. The molecule has 1 aliphatic heterocycles. The van der Waals surface area contributed by atoms with E-state index in [-0.39, 0.29) is 18.2 Å². The summed E-state index contributed by atoms with van der Waals surface area (Å²) in [4.78, 5) is 28.6. The molecule has 2 heterocycles. The van der Waals surface area contributed by atoms with E-state index >= 15 is 0 Å². The number of nitrogens with one attached hydrogen (secondary N) is 3. The van der Waals surface area contributed by atoms with Gasteiger partial charge < -0.3 is 15.6 Å². The fourth-order valence-corrected chi connectivity index (χ4v) is 3.84. The summed E-state index contributed by atoms with van der Waals surface area (Å²) in [7, 11) is 0. The molecule has 0 fully saturated rings. The van der Waals surface area contributed by atoms with Gasteiger partial charge in [0, 0.05) is 28.7 Å². The molecule has 3 aromatic rings. The number of carbonyl (C=O) groups excluding carboxylic acids is 2. The molecular weight excluding hydrogens is 322 g/mol. The van der Waals surface area contributed by atoms with Crippen LogP contribution in [-0.4, -0.2) is 22.0 Å². The summed E-state index contributed by atoms with van der Waals surface area (Å²) in [5.41, 5.74) is 2.49. The van der Waals surface area contributed by atoms with Crippen LogP contribution >= 0.6 is 11.8 Å². The molecule has 120 valence electrons. The number of aromatic amines is 1. The van der Waals surface area contributed by atoms with Crippen molar-refractivity contribution in [1.29, 1.82) is 0 Å². The number of anilines is 2. The summed E-state index contributed by atoms with van der Waals surface area (Å²) >= 11 is 1.43. The van der Waals surface area contributed by atoms with Crippen LogP contribution in [0.5, 0.6) is 0 Å². The Labute approximate surface area is 142 Å². The molecule has 1 unspecified atom stereocenters. The fraction of sp³-hybridized carbons (Fsp3) is 0.111. The molecule has 2 aromatic carbocycles. The van der Waals surface area contributed by atoms with Crippen molar-refractivity contribution in [3.8, 4) is 0 Å². The van der Waals surface area contributed by atoms with E-state index in [1.165, 1.54) is 11.8 Å². The van der Waals surface area contributed by atoms with Crippen molar-refractivity contribution >= 4 is 45.9 Å². The van der Waals surface area contributed by atoms with Crippen molar-refractivity contribution in [2.24, 2.45) is 0 Å². The Balaban J connectivity index is 1.45. The number of amides is 2. The quantitative estimate of drug-likeness (QED) is 0.683. The van der Waals surface area contributed by atoms with Crippen molar-refractivity contribution in [3.63, 3.8) is 0 Å². The number of hydrogen-bond acceptors (Lipinski definition) is 3. The molecule has 5 nitrogen and oxygen atoms in total. The van der Waals surface area contributed by atoms with Gasteiger partial charge in [-0.2, -0.15) is 0 Å². The van der Waals surface area contributed by atoms with E-state index in [2.05, 4.69) is 15.6 Å². The lowest BCUT2D eigenvalue weighted by atomic mass is 10.2. The summed E-state index contributed by atoms with van der Waals surface area (Å²) in [6.07, 6.45) is 1.99. The number of benzene rings is 2. The Morgan fingerprint density at radius 1 is 1.17 bits per heavy atom. The summed E-state index contributed by atoms with van der Waals surface area (Å²) in [5.74, 6) is -0.304. The zero-order valence-corrected chi connectivity index (χ0v) is 13.5. The maximum atomic E-state index is 12.3. The third-order valence-corrected chi connectivity index (χ3v) is 5.19. The van der Waals surface area contributed by atoms with Gasteiger partial charge in [0.25, 0.3) is 0 Å². The van der Waals surface area contributed by atoms with Gasteiger partial charge in [-0.1, -0.05) is 18.2 Å². The Kier molecular flexibility index (Phi) is 3.74. The lowest BCUT2D eigenvalue weighted by molar-refractivity contribution is -0.120. The number of H-pyrrole nitrogens is 1. The smallest absolute Gasteiger partial charge is 0.238 e. The summed E-state index contributed by atoms with van der Waals surface area (Å²) in [5, 5.41) is 6.39. The summed E-state index contributed by atoms with van der Waals surface area (Å²) in [6, 6.07) is 15.3. The predicted molar refractivity (Wildman–Crippen MR) is 96.3 cm³/mol. The van der Waals surface area contributed by atoms with Crippen LogP contribution in [0.3, 0.4) is 0 Å². The SMILES string of the molecule is O=C(CC1Sc2ccccc2NC1=O)Nc1ccc2cc[nH]c2c1. The molecular formula is C18H15N3O2S. The van der Waals surface area contributed by atoms with Crippen LogP contribution < -0.4 is 10.6 Å². The molecule has 2 amide bonds. The van der Waals surface area contributed by atoms with Gasteiger partial charge in [0.1, 0.15) is 0 Å². The first-order valence-electron chi connectivity index (χ1n) is 7.62. The zero-order chi connectivity index (χ0) is 16.5. The van der Waals surface area contributed by atoms with Crippen LogP contribution in [-0.2, 0) is 9.59 Å². The summed E-state index contributed by atoms with van der Waals surface area (Å²) in [6.45, 7) is 0. The Bertz CT molecular complexity index is 935. The minimum Gasteiger partial charge on any atom is -0.361 e. The number of fused-ring (bicyclic) bond motifs is 2. The monoisotopic (exact) mass is 337 g/mol. The van der Waals surface area contributed by atoms with Crippen LogP contribution in [0.2, 0.25) is 0 Å². The number of para-hydroxylation sites is 1. The van der Waals surface area contributed by atoms with Gasteiger partial charge in [0.15, 0.2) is 0 Å². The van der Waals surface area contributed by atoms with Crippen LogP contribution in [0.1, 0.15) is 6.42 Å². The van der Waals surface area contributed by atoms with Crippen molar-refractivity contribution < 1.29 is 9.59 Å². The normalized spacial score (nSPS) is 16.5. The molecule has 0 aliphatic carbocycles. The van der Waals surface area contributed by atoms with Crippen LogP contribution in [0, 0.1) is 0 Å². The number of aromatic nitrogens is 1. The van der Waals surface area contributed by atoms with E-state index in [4.69, 9.17) is 0 Å². The maximum absolute atomic E-state index is 12.3. The number of thioether (sulfide) groups is 1.